The van der Waals surface area contributed by atoms with E-state index in [0.29, 0.717) is 37.3 Å². The molecule has 0 spiro atoms. The topological polar surface area (TPSA) is 79.9 Å². The van der Waals surface area contributed by atoms with E-state index in [-0.39, 0.29) is 17.7 Å². The van der Waals surface area contributed by atoms with Crippen molar-refractivity contribution in [1.29, 1.82) is 0 Å². The van der Waals surface area contributed by atoms with E-state index in [1.165, 1.54) is 12.5 Å². The number of anilines is 1. The Bertz CT molecular complexity index is 1210. The average Bonchev–Trinajstić information content (AvgIpc) is 3.48. The van der Waals surface area contributed by atoms with E-state index in [4.69, 9.17) is 9.40 Å². The molecule has 2 amide bonds. The van der Waals surface area contributed by atoms with Crippen molar-refractivity contribution in [2.45, 2.75) is 12.8 Å². The molecule has 7 nitrogen and oxygen atoms in total. The van der Waals surface area contributed by atoms with Gasteiger partial charge in [-0.15, -0.1) is 0 Å². The fourth-order valence-corrected chi connectivity index (χ4v) is 4.04. The number of benzene rings is 1. The summed E-state index contributed by atoms with van der Waals surface area (Å²) in [5.74, 6) is 0.411. The van der Waals surface area contributed by atoms with Crippen molar-refractivity contribution >= 4 is 23.3 Å². The van der Waals surface area contributed by atoms with E-state index in [9.17, 15) is 9.59 Å². The number of nitrogens with one attached hydrogen (secondary N) is 1. The van der Waals surface area contributed by atoms with Crippen LogP contribution in [0, 0.1) is 5.92 Å². The number of pyridine rings is 1. The number of hydrogen-bond donors (Lipinski definition) is 1. The van der Waals surface area contributed by atoms with Crippen LogP contribution in [0.4, 0.5) is 5.82 Å². The molecule has 5 rings (SSSR count). The van der Waals surface area contributed by atoms with Crippen LogP contribution in [0.15, 0.2) is 77.7 Å². The number of piperidine rings is 1. The molecule has 7 heteroatoms. The van der Waals surface area contributed by atoms with Gasteiger partial charge in [0.05, 0.1) is 11.8 Å². The number of nitrogens with zero attached hydrogens (tertiary/aromatic N) is 3. The van der Waals surface area contributed by atoms with Gasteiger partial charge in [-0.2, -0.15) is 0 Å². The zero-order valence-corrected chi connectivity index (χ0v) is 16.9. The maximum atomic E-state index is 13.1. The number of hydrogen-bond acceptors (Lipinski definition) is 4. The second kappa shape index (κ2) is 8.10. The van der Waals surface area contributed by atoms with Crippen LogP contribution in [0.1, 0.15) is 23.2 Å². The van der Waals surface area contributed by atoms with E-state index in [2.05, 4.69) is 5.32 Å². The zero-order chi connectivity index (χ0) is 21.2. The minimum Gasteiger partial charge on any atom is -0.472 e. The average molecular weight is 414 g/mol. The van der Waals surface area contributed by atoms with Crippen LogP contribution in [0.3, 0.4) is 0 Å². The highest BCUT2D eigenvalue weighted by Crippen LogP contribution is 2.30. The van der Waals surface area contributed by atoms with E-state index in [1.54, 1.807) is 11.0 Å². The fourth-order valence-electron chi connectivity index (χ4n) is 4.04. The molecule has 31 heavy (non-hydrogen) atoms. The lowest BCUT2D eigenvalue weighted by Crippen LogP contribution is -2.41. The highest BCUT2D eigenvalue weighted by molar-refractivity contribution is 5.97. The number of fused-ring (bicyclic) bond motifs is 1. The van der Waals surface area contributed by atoms with Crippen LogP contribution in [0.25, 0.3) is 16.9 Å². The molecule has 156 valence electrons. The van der Waals surface area contributed by atoms with Gasteiger partial charge in [0.2, 0.25) is 5.91 Å². The summed E-state index contributed by atoms with van der Waals surface area (Å²) >= 11 is 0. The molecule has 0 bridgehead atoms. The van der Waals surface area contributed by atoms with Gasteiger partial charge in [0.1, 0.15) is 23.4 Å². The first-order valence-electron chi connectivity index (χ1n) is 10.4. The Morgan fingerprint density at radius 1 is 1.00 bits per heavy atom. The zero-order valence-electron chi connectivity index (χ0n) is 16.9. The summed E-state index contributed by atoms with van der Waals surface area (Å²) < 4.78 is 6.91. The minimum atomic E-state index is -0.161. The molecule has 0 unspecified atom stereocenters. The molecule has 1 aliphatic rings. The second-order valence-electron chi connectivity index (χ2n) is 7.67. The fraction of sp³-hybridized carbons (Fsp3) is 0.208. The molecule has 0 saturated carbocycles. The van der Waals surface area contributed by atoms with E-state index in [0.717, 1.165) is 16.9 Å². The first-order chi connectivity index (χ1) is 15.2. The number of carbonyl (C=O) groups excluding carboxylic acids is 2. The van der Waals surface area contributed by atoms with Crippen molar-refractivity contribution in [3.05, 3.63) is 78.9 Å². The number of furan rings is 1. The largest absolute Gasteiger partial charge is 0.472 e. The molecule has 4 heterocycles. The van der Waals surface area contributed by atoms with Crippen LogP contribution < -0.4 is 5.32 Å². The number of carbonyl (C=O) groups is 2. The van der Waals surface area contributed by atoms with Gasteiger partial charge in [0, 0.05) is 30.8 Å². The van der Waals surface area contributed by atoms with Gasteiger partial charge in [0.25, 0.3) is 5.91 Å². The first-order valence-corrected chi connectivity index (χ1v) is 10.4. The summed E-state index contributed by atoms with van der Waals surface area (Å²) in [5.41, 5.74) is 3.01. The van der Waals surface area contributed by atoms with Gasteiger partial charge in [-0.25, -0.2) is 4.98 Å². The van der Waals surface area contributed by atoms with Crippen molar-refractivity contribution in [1.82, 2.24) is 14.3 Å². The maximum Gasteiger partial charge on any atom is 0.257 e. The van der Waals surface area contributed by atoms with Crippen LogP contribution in [-0.4, -0.2) is 39.2 Å². The summed E-state index contributed by atoms with van der Waals surface area (Å²) in [4.78, 5) is 32.1. The van der Waals surface area contributed by atoms with Gasteiger partial charge >= 0.3 is 0 Å². The normalized spacial score (nSPS) is 14.6. The SMILES string of the molecule is O=C(Nc1c(-c2ccccc2)nc2ccccn12)C1CCN(C(=O)c2ccoc2)CC1. The van der Waals surface area contributed by atoms with Crippen LogP contribution in [0.2, 0.25) is 0 Å². The number of imidazole rings is 1. The Hall–Kier alpha value is -3.87. The smallest absolute Gasteiger partial charge is 0.257 e. The Labute approximate surface area is 179 Å². The predicted molar refractivity (Wildman–Crippen MR) is 117 cm³/mol. The Morgan fingerprint density at radius 2 is 1.77 bits per heavy atom. The third kappa shape index (κ3) is 3.70. The van der Waals surface area contributed by atoms with E-state index in [1.807, 2.05) is 59.1 Å². The van der Waals surface area contributed by atoms with Crippen LogP contribution in [-0.2, 0) is 4.79 Å². The van der Waals surface area contributed by atoms with Crippen LogP contribution >= 0.6 is 0 Å². The highest BCUT2D eigenvalue weighted by atomic mass is 16.3. The number of aromatic nitrogens is 2. The van der Waals surface area contributed by atoms with Crippen molar-refractivity contribution in [2.24, 2.45) is 5.92 Å². The summed E-state index contributed by atoms with van der Waals surface area (Å²) in [6, 6.07) is 17.3. The Balaban J connectivity index is 1.34. The van der Waals surface area contributed by atoms with Crippen molar-refractivity contribution in [3.63, 3.8) is 0 Å². The lowest BCUT2D eigenvalue weighted by Gasteiger charge is -2.31. The molecule has 0 aliphatic carbocycles. The molecular weight excluding hydrogens is 392 g/mol. The van der Waals surface area contributed by atoms with Gasteiger partial charge in [0.15, 0.2) is 0 Å². The summed E-state index contributed by atoms with van der Waals surface area (Å²) in [6.45, 7) is 1.08. The van der Waals surface area contributed by atoms with Crippen molar-refractivity contribution in [2.75, 3.05) is 18.4 Å². The molecule has 1 saturated heterocycles. The summed E-state index contributed by atoms with van der Waals surface area (Å²) in [5, 5.41) is 3.12. The first kappa shape index (κ1) is 19.1. The summed E-state index contributed by atoms with van der Waals surface area (Å²) in [7, 11) is 0. The van der Waals surface area contributed by atoms with Gasteiger partial charge in [-0.05, 0) is 31.0 Å². The standard InChI is InChI=1S/C24H22N4O3/c29-23(18-9-13-27(14-10-18)24(30)19-11-15-31-16-19)26-22-21(17-6-2-1-3-7-17)25-20-8-4-5-12-28(20)22/h1-8,11-12,15-16,18H,9-10,13-14H2,(H,26,29). The van der Waals surface area contributed by atoms with Gasteiger partial charge in [-0.1, -0.05) is 36.4 Å². The number of likely N-dealkylation sites (tertiary alicyclic amines) is 1. The third-order valence-corrected chi connectivity index (χ3v) is 5.74. The van der Waals surface area contributed by atoms with Gasteiger partial charge in [-0.3, -0.25) is 14.0 Å². The molecule has 1 N–H and O–H groups in total. The highest BCUT2D eigenvalue weighted by Gasteiger charge is 2.29. The maximum absolute atomic E-state index is 13.1. The Kier molecular flexibility index (Phi) is 5.00. The quantitative estimate of drug-likeness (QED) is 0.546. The lowest BCUT2D eigenvalue weighted by molar-refractivity contribution is -0.121. The molecular formula is C24H22N4O3. The molecule has 1 fully saturated rings. The second-order valence-corrected chi connectivity index (χ2v) is 7.67. The molecule has 0 radical (unpaired) electrons. The molecule has 0 atom stereocenters. The summed E-state index contributed by atoms with van der Waals surface area (Å²) in [6.07, 6.45) is 6.08. The molecule has 1 aromatic carbocycles. The van der Waals surface area contributed by atoms with E-state index >= 15 is 0 Å². The van der Waals surface area contributed by atoms with E-state index < -0.39 is 0 Å². The Morgan fingerprint density at radius 3 is 2.52 bits per heavy atom. The molecule has 3 aromatic heterocycles. The molecule has 4 aromatic rings. The van der Waals surface area contributed by atoms with Gasteiger partial charge < -0.3 is 14.6 Å². The number of amides is 2. The predicted octanol–water partition coefficient (Wildman–Crippen LogP) is 4.09. The van der Waals surface area contributed by atoms with Crippen molar-refractivity contribution in [3.8, 4) is 11.3 Å². The third-order valence-electron chi connectivity index (χ3n) is 5.74. The minimum absolute atomic E-state index is 0.0433. The molecule has 1 aliphatic heterocycles. The monoisotopic (exact) mass is 414 g/mol. The number of rotatable bonds is 4. The lowest BCUT2D eigenvalue weighted by atomic mass is 9.95. The van der Waals surface area contributed by atoms with Crippen LogP contribution in [0.5, 0.6) is 0 Å². The van der Waals surface area contributed by atoms with Crippen molar-refractivity contribution < 1.29 is 14.0 Å².